The minimum Gasteiger partial charge on any atom is -0.470 e. The third-order valence-corrected chi connectivity index (χ3v) is 7.94. The minimum absolute atomic E-state index is 0.104. The first kappa shape index (κ1) is 26.7. The number of carbonyl (C=O) groups is 1. The van der Waals surface area contributed by atoms with Gasteiger partial charge in [0.2, 0.25) is 11.8 Å². The quantitative estimate of drug-likeness (QED) is 0.354. The number of nitrogens with one attached hydrogen (secondary N) is 1. The number of rotatable bonds is 7. The molecule has 1 aliphatic carbocycles. The van der Waals surface area contributed by atoms with E-state index in [2.05, 4.69) is 41.0 Å². The third kappa shape index (κ3) is 5.53. The molecule has 0 unspecified atom stereocenters. The van der Waals surface area contributed by atoms with Crippen molar-refractivity contribution in [3.8, 4) is 17.3 Å². The first-order chi connectivity index (χ1) is 19.2. The largest absolute Gasteiger partial charge is 0.470 e. The van der Waals surface area contributed by atoms with Crippen LogP contribution in [0.5, 0.6) is 5.88 Å². The number of fused-ring (bicyclic) bond motifs is 1. The average Bonchev–Trinajstić information content (AvgIpc) is 3.51. The molecular formula is C30H34ClN7O2. The summed E-state index contributed by atoms with van der Waals surface area (Å²) in [6.45, 7) is 10.2. The van der Waals surface area contributed by atoms with E-state index in [1.54, 1.807) is 6.20 Å². The summed E-state index contributed by atoms with van der Waals surface area (Å²) in [5, 5.41) is 3.99. The monoisotopic (exact) mass is 559 g/mol. The molecule has 2 atom stereocenters. The van der Waals surface area contributed by atoms with Crippen molar-refractivity contribution in [1.82, 2.24) is 34.7 Å². The lowest BCUT2D eigenvalue weighted by atomic mass is 10.1. The molecule has 4 aromatic rings. The Kier molecular flexibility index (Phi) is 6.96. The van der Waals surface area contributed by atoms with Crippen molar-refractivity contribution in [2.45, 2.75) is 71.2 Å². The second-order valence-corrected chi connectivity index (χ2v) is 11.9. The second-order valence-electron chi connectivity index (χ2n) is 11.5. The van der Waals surface area contributed by atoms with Gasteiger partial charge in [-0.2, -0.15) is 4.98 Å². The van der Waals surface area contributed by atoms with Crippen molar-refractivity contribution in [2.24, 2.45) is 0 Å². The highest BCUT2D eigenvalue weighted by atomic mass is 35.5. The molecular weight excluding hydrogens is 526 g/mol. The molecule has 10 heteroatoms. The second kappa shape index (κ2) is 10.4. The maximum Gasteiger partial charge on any atom is 0.245 e. The van der Waals surface area contributed by atoms with E-state index in [4.69, 9.17) is 21.3 Å². The fourth-order valence-corrected chi connectivity index (χ4v) is 5.66. The number of carbonyl (C=O) groups excluding carboxylic acids is 1. The van der Waals surface area contributed by atoms with Gasteiger partial charge in [-0.05, 0) is 75.9 Å². The summed E-state index contributed by atoms with van der Waals surface area (Å²) < 4.78 is 8.25. The van der Waals surface area contributed by atoms with Crippen LogP contribution in [0.15, 0.2) is 42.9 Å². The standard InChI is InChI=1S/C30H34ClN7O2/c1-18-7-10-32-22(11-18)16-38-27(36-26-28(38)33-17-34-29(26)40-30(4)8-9-30)23-6-5-21(12-24(23)31)13-25(39)37-14-19(2)35-20(3)15-37/h5-7,10-12,17,19-20,35H,8-9,13-16H2,1-4H3/t19-,20+. The molecule has 0 bridgehead atoms. The molecule has 1 N–H and O–H groups in total. The first-order valence-corrected chi connectivity index (χ1v) is 14.2. The molecule has 1 amide bonds. The van der Waals surface area contributed by atoms with Gasteiger partial charge in [0.05, 0.1) is 23.7 Å². The van der Waals surface area contributed by atoms with Crippen molar-refractivity contribution >= 4 is 28.7 Å². The minimum atomic E-state index is -0.213. The number of ether oxygens (including phenoxy) is 1. The molecule has 1 saturated heterocycles. The van der Waals surface area contributed by atoms with Crippen LogP contribution in [0.2, 0.25) is 5.02 Å². The third-order valence-electron chi connectivity index (χ3n) is 7.63. The van der Waals surface area contributed by atoms with E-state index in [0.717, 1.165) is 35.2 Å². The van der Waals surface area contributed by atoms with Crippen LogP contribution in [-0.2, 0) is 17.8 Å². The number of halogens is 1. The van der Waals surface area contributed by atoms with Crippen LogP contribution in [-0.4, -0.2) is 66.1 Å². The number of nitrogens with zero attached hydrogens (tertiary/aromatic N) is 6. The predicted molar refractivity (Wildman–Crippen MR) is 154 cm³/mol. The molecule has 2 aliphatic rings. The molecule has 1 aromatic carbocycles. The Morgan fingerprint density at radius 3 is 2.60 bits per heavy atom. The molecule has 1 saturated carbocycles. The van der Waals surface area contributed by atoms with Crippen molar-refractivity contribution in [3.05, 3.63) is 64.7 Å². The molecule has 1 aliphatic heterocycles. The molecule has 0 spiro atoms. The molecule has 6 rings (SSSR count). The number of imidazole rings is 1. The van der Waals surface area contributed by atoms with Gasteiger partial charge >= 0.3 is 0 Å². The summed E-state index contributed by atoms with van der Waals surface area (Å²) >= 11 is 6.89. The van der Waals surface area contributed by atoms with Gasteiger partial charge in [-0.25, -0.2) is 9.97 Å². The molecule has 0 radical (unpaired) electrons. The molecule has 208 valence electrons. The topological polar surface area (TPSA) is 98.1 Å². The first-order valence-electron chi connectivity index (χ1n) is 13.8. The summed E-state index contributed by atoms with van der Waals surface area (Å²) in [4.78, 5) is 33.6. The maximum absolute atomic E-state index is 13.1. The zero-order chi connectivity index (χ0) is 28.0. The fraction of sp³-hybridized carbons (Fsp3) is 0.433. The summed E-state index contributed by atoms with van der Waals surface area (Å²) in [5.41, 5.74) is 4.66. The van der Waals surface area contributed by atoms with Gasteiger partial charge in [-0.3, -0.25) is 9.78 Å². The van der Waals surface area contributed by atoms with Crippen molar-refractivity contribution in [1.29, 1.82) is 0 Å². The SMILES string of the molecule is Cc1ccnc(Cn2c(-c3ccc(CC(=O)N4C[C@@H](C)N[C@@H](C)C4)cc3Cl)nc3c(OC4(C)CC4)ncnc32)c1. The van der Waals surface area contributed by atoms with E-state index >= 15 is 0 Å². The van der Waals surface area contributed by atoms with Crippen LogP contribution >= 0.6 is 11.6 Å². The number of hydrogen-bond acceptors (Lipinski definition) is 7. The molecule has 9 nitrogen and oxygen atoms in total. The van der Waals surface area contributed by atoms with Crippen LogP contribution in [0.25, 0.3) is 22.6 Å². The predicted octanol–water partition coefficient (Wildman–Crippen LogP) is 4.58. The molecule has 2 fully saturated rings. The number of amides is 1. The highest BCUT2D eigenvalue weighted by Gasteiger charge is 2.41. The lowest BCUT2D eigenvalue weighted by Gasteiger charge is -2.36. The van der Waals surface area contributed by atoms with Crippen molar-refractivity contribution < 1.29 is 9.53 Å². The highest BCUT2D eigenvalue weighted by Crippen LogP contribution is 2.41. The van der Waals surface area contributed by atoms with E-state index < -0.39 is 0 Å². The van der Waals surface area contributed by atoms with E-state index in [1.165, 1.54) is 6.33 Å². The Morgan fingerprint density at radius 1 is 1.12 bits per heavy atom. The van der Waals surface area contributed by atoms with Gasteiger partial charge in [0, 0.05) is 36.9 Å². The van der Waals surface area contributed by atoms with E-state index in [9.17, 15) is 4.79 Å². The van der Waals surface area contributed by atoms with Crippen molar-refractivity contribution in [2.75, 3.05) is 13.1 Å². The maximum atomic E-state index is 13.1. The van der Waals surface area contributed by atoms with Gasteiger partial charge in [0.25, 0.3) is 0 Å². The Balaban J connectivity index is 1.35. The zero-order valence-corrected chi connectivity index (χ0v) is 24.1. The molecule has 3 aromatic heterocycles. The van der Waals surface area contributed by atoms with Crippen LogP contribution in [0.4, 0.5) is 0 Å². The average molecular weight is 560 g/mol. The number of hydrogen-bond donors (Lipinski definition) is 1. The van der Waals surface area contributed by atoms with Crippen LogP contribution in [0.1, 0.15) is 50.4 Å². The molecule has 4 heterocycles. The molecule has 40 heavy (non-hydrogen) atoms. The van der Waals surface area contributed by atoms with Crippen LogP contribution < -0.4 is 10.1 Å². The Morgan fingerprint density at radius 2 is 1.90 bits per heavy atom. The summed E-state index contributed by atoms with van der Waals surface area (Å²) in [5.74, 6) is 1.23. The number of aromatic nitrogens is 5. The summed E-state index contributed by atoms with van der Waals surface area (Å²) in [7, 11) is 0. The number of pyridine rings is 1. The van der Waals surface area contributed by atoms with Gasteiger partial charge in [0.15, 0.2) is 11.2 Å². The van der Waals surface area contributed by atoms with E-state index in [1.807, 2.05) is 46.7 Å². The fourth-order valence-electron chi connectivity index (χ4n) is 5.37. The van der Waals surface area contributed by atoms with Crippen LogP contribution in [0.3, 0.4) is 0 Å². The number of benzene rings is 1. The lowest BCUT2D eigenvalue weighted by molar-refractivity contribution is -0.132. The number of aryl methyl sites for hydroxylation is 1. The Labute approximate surface area is 239 Å². The normalized spacial score (nSPS) is 20.1. The zero-order valence-electron chi connectivity index (χ0n) is 23.3. The number of piperazine rings is 1. The smallest absolute Gasteiger partial charge is 0.245 e. The Bertz CT molecular complexity index is 1570. The lowest BCUT2D eigenvalue weighted by Crippen LogP contribution is -2.56. The van der Waals surface area contributed by atoms with Gasteiger partial charge in [-0.15, -0.1) is 0 Å². The van der Waals surface area contributed by atoms with Gasteiger partial charge in [0.1, 0.15) is 17.8 Å². The van der Waals surface area contributed by atoms with Crippen molar-refractivity contribution in [3.63, 3.8) is 0 Å². The summed E-state index contributed by atoms with van der Waals surface area (Å²) in [6, 6.07) is 10.3. The highest BCUT2D eigenvalue weighted by molar-refractivity contribution is 6.33. The van der Waals surface area contributed by atoms with Gasteiger partial charge in [-0.1, -0.05) is 17.7 Å². The van der Waals surface area contributed by atoms with Gasteiger partial charge < -0.3 is 19.5 Å². The van der Waals surface area contributed by atoms with E-state index in [0.29, 0.717) is 53.9 Å². The summed E-state index contributed by atoms with van der Waals surface area (Å²) in [6.07, 6.45) is 5.59. The van der Waals surface area contributed by atoms with Crippen LogP contribution in [0, 0.1) is 6.92 Å². The van der Waals surface area contributed by atoms with E-state index in [-0.39, 0.29) is 23.6 Å². The Hall–Kier alpha value is -3.56.